The Morgan fingerprint density at radius 2 is 2.26 bits per heavy atom. The molecule has 0 aliphatic carbocycles. The van der Waals surface area contributed by atoms with Crippen LogP contribution >= 0.6 is 11.3 Å². The highest BCUT2D eigenvalue weighted by molar-refractivity contribution is 7.11. The van der Waals surface area contributed by atoms with E-state index in [-0.39, 0.29) is 13.0 Å². The number of hydrogen-bond acceptors (Lipinski definition) is 6. The van der Waals surface area contributed by atoms with Crippen LogP contribution in [0.3, 0.4) is 0 Å². The second-order valence-corrected chi connectivity index (χ2v) is 6.13. The molecule has 2 atom stereocenters. The first-order chi connectivity index (χ1) is 11.0. The minimum absolute atomic E-state index is 0.178. The molecule has 1 aromatic rings. The smallest absolute Gasteiger partial charge is 0.478 e. The van der Waals surface area contributed by atoms with E-state index in [4.69, 9.17) is 14.9 Å². The van der Waals surface area contributed by atoms with Gasteiger partial charge in [0.15, 0.2) is 0 Å². The number of amides is 1. The zero-order chi connectivity index (χ0) is 16.8. The third kappa shape index (κ3) is 4.90. The maximum absolute atomic E-state index is 12.4. The highest BCUT2D eigenvalue weighted by Gasteiger charge is 2.37. The van der Waals surface area contributed by atoms with Gasteiger partial charge in [0.25, 0.3) is 5.91 Å². The van der Waals surface area contributed by atoms with E-state index in [1.807, 2.05) is 5.38 Å². The Labute approximate surface area is 137 Å². The molecule has 1 aromatic heterocycles. The molecule has 7 nitrogen and oxygen atoms in total. The summed E-state index contributed by atoms with van der Waals surface area (Å²) in [7, 11) is -1.25. The third-order valence-electron chi connectivity index (χ3n) is 3.52. The zero-order valence-corrected chi connectivity index (χ0v) is 13.2. The number of carbonyl (C=O) groups excluding carboxylic acids is 1. The molecule has 124 valence electrons. The van der Waals surface area contributed by atoms with Gasteiger partial charge in [0.2, 0.25) is 0 Å². The van der Waals surface area contributed by atoms with E-state index >= 15 is 0 Å². The number of carboxylic acid groups (broad SMARTS) is 1. The van der Waals surface area contributed by atoms with Crippen molar-refractivity contribution >= 4 is 35.9 Å². The fraction of sp³-hybridized carbons (Fsp3) is 0.429. The number of rotatable bonds is 6. The summed E-state index contributed by atoms with van der Waals surface area (Å²) in [5, 5.41) is 32.3. The lowest BCUT2D eigenvalue weighted by Gasteiger charge is -2.31. The molecule has 4 N–H and O–H groups in total. The van der Waals surface area contributed by atoms with Crippen LogP contribution in [-0.4, -0.2) is 52.9 Å². The lowest BCUT2D eigenvalue weighted by atomic mass is 9.72. The summed E-state index contributed by atoms with van der Waals surface area (Å²) in [4.78, 5) is 23.7. The predicted octanol–water partition coefficient (Wildman–Crippen LogP) is 0.282. The van der Waals surface area contributed by atoms with Crippen molar-refractivity contribution in [1.29, 1.82) is 0 Å². The topological polar surface area (TPSA) is 116 Å². The van der Waals surface area contributed by atoms with Crippen molar-refractivity contribution in [2.75, 3.05) is 6.61 Å². The molecule has 9 heteroatoms. The number of nitrogens with one attached hydrogen (secondary N) is 1. The van der Waals surface area contributed by atoms with E-state index in [0.717, 1.165) is 0 Å². The van der Waals surface area contributed by atoms with Gasteiger partial charge in [0, 0.05) is 4.88 Å². The normalized spacial score (nSPS) is 22.0. The molecular weight excluding hydrogens is 321 g/mol. The highest BCUT2D eigenvalue weighted by atomic mass is 32.1. The van der Waals surface area contributed by atoms with Gasteiger partial charge in [-0.1, -0.05) is 6.07 Å². The summed E-state index contributed by atoms with van der Waals surface area (Å²) < 4.78 is 5.23. The fourth-order valence-corrected chi connectivity index (χ4v) is 3.19. The standard InChI is InChI=1S/C14H18BNO6S/c17-6-5-10(11-2-1-7-23-11)14(20)16-12-4-3-9(8-13(18)19)22-15(12)21/h1-2,5,7,9,12,17,21H,3-4,6,8H2,(H,16,20)(H,18,19)/b10-5+/t9-,12-/m0/s1. The van der Waals surface area contributed by atoms with Gasteiger partial charge < -0.3 is 25.2 Å². The maximum Gasteiger partial charge on any atom is 0.478 e. The number of aliphatic hydroxyl groups excluding tert-OH is 1. The van der Waals surface area contributed by atoms with Crippen molar-refractivity contribution in [2.24, 2.45) is 0 Å². The van der Waals surface area contributed by atoms with Crippen molar-refractivity contribution in [2.45, 2.75) is 31.3 Å². The van der Waals surface area contributed by atoms with Gasteiger partial charge in [-0.25, -0.2) is 0 Å². The van der Waals surface area contributed by atoms with Crippen LogP contribution in [0, 0.1) is 0 Å². The number of aliphatic carboxylic acids is 1. The Bertz CT molecular complexity index is 576. The fourth-order valence-electron chi connectivity index (χ4n) is 2.43. The molecule has 0 radical (unpaired) electrons. The molecular formula is C14H18BNO6S. The molecule has 0 bridgehead atoms. The lowest BCUT2D eigenvalue weighted by Crippen LogP contribution is -2.53. The summed E-state index contributed by atoms with van der Waals surface area (Å²) in [6.45, 7) is -0.273. The molecule has 0 unspecified atom stereocenters. The van der Waals surface area contributed by atoms with Gasteiger partial charge in [-0.15, -0.1) is 11.3 Å². The molecule has 2 rings (SSSR count). The SMILES string of the molecule is O=C(O)C[C@@H]1CC[C@H](NC(=O)/C(=C/CO)c2cccs2)B(O)O1. The first kappa shape index (κ1) is 17.7. The summed E-state index contributed by atoms with van der Waals surface area (Å²) in [5.74, 6) is -2.02. The molecule has 0 aromatic carbocycles. The van der Waals surface area contributed by atoms with E-state index in [1.165, 1.54) is 17.4 Å². The van der Waals surface area contributed by atoms with Crippen LogP contribution < -0.4 is 5.32 Å². The van der Waals surface area contributed by atoms with Gasteiger partial charge in [-0.3, -0.25) is 9.59 Å². The van der Waals surface area contributed by atoms with E-state index < -0.39 is 31.0 Å². The van der Waals surface area contributed by atoms with Crippen LogP contribution in [0.15, 0.2) is 23.6 Å². The van der Waals surface area contributed by atoms with Gasteiger partial charge in [0.05, 0.1) is 30.6 Å². The maximum atomic E-state index is 12.4. The van der Waals surface area contributed by atoms with Crippen molar-refractivity contribution in [3.63, 3.8) is 0 Å². The Hall–Kier alpha value is -1.68. The van der Waals surface area contributed by atoms with Crippen molar-refractivity contribution in [3.8, 4) is 0 Å². The van der Waals surface area contributed by atoms with Crippen LogP contribution in [0.25, 0.3) is 5.57 Å². The van der Waals surface area contributed by atoms with Crippen LogP contribution in [0.4, 0.5) is 0 Å². The second-order valence-electron chi connectivity index (χ2n) is 5.18. The second kappa shape index (κ2) is 8.25. The van der Waals surface area contributed by atoms with Crippen LogP contribution in [0.1, 0.15) is 24.1 Å². The van der Waals surface area contributed by atoms with Crippen molar-refractivity contribution in [3.05, 3.63) is 28.5 Å². The molecule has 1 aliphatic rings. The number of aliphatic hydroxyl groups is 1. The molecule has 23 heavy (non-hydrogen) atoms. The third-order valence-corrected chi connectivity index (χ3v) is 4.42. The van der Waals surface area contributed by atoms with Gasteiger partial charge >= 0.3 is 13.1 Å². The summed E-state index contributed by atoms with van der Waals surface area (Å²) in [5.41, 5.74) is 0.336. The van der Waals surface area contributed by atoms with Crippen LogP contribution in [0.5, 0.6) is 0 Å². The zero-order valence-electron chi connectivity index (χ0n) is 12.3. The first-order valence-corrected chi connectivity index (χ1v) is 8.10. The molecule has 1 fully saturated rings. The van der Waals surface area contributed by atoms with E-state index in [9.17, 15) is 14.6 Å². The molecule has 0 spiro atoms. The van der Waals surface area contributed by atoms with Gasteiger partial charge in [0.1, 0.15) is 0 Å². The Morgan fingerprint density at radius 3 is 2.83 bits per heavy atom. The summed E-state index contributed by atoms with van der Waals surface area (Å²) in [6.07, 6.45) is 1.53. The Balaban J connectivity index is 1.97. The number of hydrogen-bond donors (Lipinski definition) is 4. The molecule has 1 aliphatic heterocycles. The van der Waals surface area contributed by atoms with E-state index in [0.29, 0.717) is 23.3 Å². The minimum atomic E-state index is -1.25. The number of carbonyl (C=O) groups is 2. The first-order valence-electron chi connectivity index (χ1n) is 7.22. The van der Waals surface area contributed by atoms with Crippen LogP contribution in [0.2, 0.25) is 0 Å². The average molecular weight is 339 g/mol. The summed E-state index contributed by atoms with van der Waals surface area (Å²) in [6, 6.07) is 3.57. The number of thiophene rings is 1. The van der Waals surface area contributed by atoms with Gasteiger partial charge in [-0.2, -0.15) is 0 Å². The van der Waals surface area contributed by atoms with Crippen molar-refractivity contribution in [1.82, 2.24) is 5.32 Å². The molecule has 1 saturated heterocycles. The predicted molar refractivity (Wildman–Crippen MR) is 85.6 cm³/mol. The molecule has 1 amide bonds. The summed E-state index contributed by atoms with van der Waals surface area (Å²) >= 11 is 1.37. The van der Waals surface area contributed by atoms with Crippen molar-refractivity contribution < 1.29 is 29.5 Å². The van der Waals surface area contributed by atoms with E-state index in [2.05, 4.69) is 5.32 Å². The Morgan fingerprint density at radius 1 is 1.48 bits per heavy atom. The highest BCUT2D eigenvalue weighted by Crippen LogP contribution is 2.22. The van der Waals surface area contributed by atoms with Crippen LogP contribution in [-0.2, 0) is 14.2 Å². The quantitative estimate of drug-likeness (QED) is 0.437. The monoisotopic (exact) mass is 339 g/mol. The largest absolute Gasteiger partial charge is 0.481 e. The van der Waals surface area contributed by atoms with E-state index in [1.54, 1.807) is 12.1 Å². The molecule has 0 saturated carbocycles. The minimum Gasteiger partial charge on any atom is -0.481 e. The average Bonchev–Trinajstić information content (AvgIpc) is 3.00. The molecule has 2 heterocycles. The lowest BCUT2D eigenvalue weighted by molar-refractivity contribution is -0.139. The van der Waals surface area contributed by atoms with Gasteiger partial charge in [-0.05, 0) is 30.4 Å². The Kier molecular flexibility index (Phi) is 6.34. The number of carboxylic acids is 1.